The molecule has 0 saturated heterocycles. The zero-order chi connectivity index (χ0) is 25.2. The van der Waals surface area contributed by atoms with Crippen LogP contribution in [0.1, 0.15) is 42.9 Å². The van der Waals surface area contributed by atoms with E-state index >= 15 is 0 Å². The molecule has 2 N–H and O–H groups in total. The summed E-state index contributed by atoms with van der Waals surface area (Å²) in [7, 11) is 30.5. The summed E-state index contributed by atoms with van der Waals surface area (Å²) in [6.07, 6.45) is 5.66. The van der Waals surface area contributed by atoms with Crippen LogP contribution in [0.15, 0.2) is 41.7 Å². The highest BCUT2D eigenvalue weighted by atomic mass is 16.5. The standard InChI is InChI=1S/C24H21B5N4O2/c1-13-8-21(5-4-19(13)34-24(27,28)29)9-16-3-2-15(17-6-14(10-30)11-32-12-17)7-18(16)22(21)23(25,26)35-20(31)33-22/h2-3,6-7,11-13,19H,4-5,8-9H2,1H3,(H2,31,33)/t13-,19-,21-,22+/m1/s1. The van der Waals surface area contributed by atoms with Gasteiger partial charge in [0.1, 0.15) is 27.3 Å². The summed E-state index contributed by atoms with van der Waals surface area (Å²) < 4.78 is 11.5. The number of pyridine rings is 1. The summed E-state index contributed by atoms with van der Waals surface area (Å²) in [6.45, 7) is 2.07. The number of nitrogens with zero attached hydrogens (tertiary/aromatic N) is 3. The zero-order valence-corrected chi connectivity index (χ0v) is 19.6. The van der Waals surface area contributed by atoms with Crippen molar-refractivity contribution in [2.75, 3.05) is 0 Å². The summed E-state index contributed by atoms with van der Waals surface area (Å²) in [5, 5.41) is 5.92. The molecule has 2 aliphatic carbocycles. The fourth-order valence-electron chi connectivity index (χ4n) is 6.49. The van der Waals surface area contributed by atoms with Crippen LogP contribution in [0.3, 0.4) is 0 Å². The van der Waals surface area contributed by atoms with Crippen molar-refractivity contribution in [3.05, 3.63) is 53.3 Å². The minimum absolute atomic E-state index is 0.0359. The molecule has 2 aromatic rings. The van der Waals surface area contributed by atoms with Gasteiger partial charge in [0.05, 0.1) is 40.6 Å². The van der Waals surface area contributed by atoms with E-state index in [1.165, 1.54) is 6.20 Å². The Bertz CT molecular complexity index is 1260. The van der Waals surface area contributed by atoms with Gasteiger partial charge in [0.25, 0.3) is 6.02 Å². The molecule has 1 fully saturated rings. The quantitative estimate of drug-likeness (QED) is 0.704. The fraction of sp³-hybridized carbons (Fsp3) is 0.458. The van der Waals surface area contributed by atoms with Crippen molar-refractivity contribution >= 4 is 45.3 Å². The number of amidine groups is 1. The molecule has 5 rings (SSSR count). The van der Waals surface area contributed by atoms with E-state index in [-0.39, 0.29) is 18.0 Å². The maximum Gasteiger partial charge on any atom is 0.281 e. The van der Waals surface area contributed by atoms with Gasteiger partial charge >= 0.3 is 0 Å². The molecule has 164 valence electrons. The topological polar surface area (TPSA) is 93.5 Å². The molecule has 1 saturated carbocycles. The number of ether oxygens (including phenoxy) is 2. The van der Waals surface area contributed by atoms with Crippen molar-refractivity contribution in [1.82, 2.24) is 4.98 Å². The summed E-state index contributed by atoms with van der Waals surface area (Å²) in [5.74, 6) is 0.0359. The van der Waals surface area contributed by atoms with Crippen LogP contribution in [0.4, 0.5) is 0 Å². The van der Waals surface area contributed by atoms with E-state index in [2.05, 4.69) is 24.0 Å². The predicted octanol–water partition coefficient (Wildman–Crippen LogP) is 1.02. The smallest absolute Gasteiger partial charge is 0.281 e. The van der Waals surface area contributed by atoms with E-state index in [4.69, 9.17) is 59.4 Å². The lowest BCUT2D eigenvalue weighted by Gasteiger charge is -2.54. The summed E-state index contributed by atoms with van der Waals surface area (Å²) in [6, 6.07) is 9.95. The average Bonchev–Trinajstić information content (AvgIpc) is 3.19. The molecule has 1 aromatic carbocycles. The summed E-state index contributed by atoms with van der Waals surface area (Å²) in [5.41, 5.74) is 8.55. The van der Waals surface area contributed by atoms with Crippen LogP contribution in [0.5, 0.6) is 0 Å². The van der Waals surface area contributed by atoms with Gasteiger partial charge in [-0.05, 0) is 65.7 Å². The molecule has 35 heavy (non-hydrogen) atoms. The van der Waals surface area contributed by atoms with Crippen LogP contribution in [0, 0.1) is 22.7 Å². The summed E-state index contributed by atoms with van der Waals surface area (Å²) in [4.78, 5) is 9.03. The van der Waals surface area contributed by atoms with Crippen LogP contribution < -0.4 is 5.73 Å². The Morgan fingerprint density at radius 2 is 1.97 bits per heavy atom. The molecule has 0 amide bonds. The van der Waals surface area contributed by atoms with Gasteiger partial charge in [0.15, 0.2) is 0 Å². The number of aliphatic imine (C=N–C) groups is 1. The van der Waals surface area contributed by atoms with E-state index < -0.39 is 21.7 Å². The second-order valence-corrected chi connectivity index (χ2v) is 10.2. The fourth-order valence-corrected chi connectivity index (χ4v) is 6.49. The maximum absolute atomic E-state index is 9.31. The Morgan fingerprint density at radius 1 is 1.20 bits per heavy atom. The lowest BCUT2D eigenvalue weighted by atomic mass is 9.44. The first-order valence-electron chi connectivity index (χ1n) is 11.6. The van der Waals surface area contributed by atoms with Crippen molar-refractivity contribution in [1.29, 1.82) is 5.26 Å². The number of benzene rings is 1. The monoisotopic (exact) mass is 452 g/mol. The van der Waals surface area contributed by atoms with Gasteiger partial charge in [-0.25, -0.2) is 4.99 Å². The molecule has 1 aromatic heterocycles. The van der Waals surface area contributed by atoms with Crippen molar-refractivity contribution < 1.29 is 9.47 Å². The second kappa shape index (κ2) is 7.96. The summed E-state index contributed by atoms with van der Waals surface area (Å²) >= 11 is 0. The Hall–Kier alpha value is -2.59. The maximum atomic E-state index is 9.31. The normalized spacial score (nSPS) is 31.0. The average molecular weight is 452 g/mol. The number of hydrogen-bond donors (Lipinski definition) is 1. The molecule has 2 heterocycles. The Morgan fingerprint density at radius 3 is 2.60 bits per heavy atom. The third kappa shape index (κ3) is 3.73. The molecular weight excluding hydrogens is 430 g/mol. The third-order valence-electron chi connectivity index (χ3n) is 7.72. The van der Waals surface area contributed by atoms with Gasteiger partial charge in [0.2, 0.25) is 0 Å². The predicted molar refractivity (Wildman–Crippen MR) is 137 cm³/mol. The number of nitriles is 1. The Balaban J connectivity index is 1.62. The number of rotatable bonds is 3. The highest BCUT2D eigenvalue weighted by Crippen LogP contribution is 2.66. The van der Waals surface area contributed by atoms with Crippen molar-refractivity contribution in [3.8, 4) is 17.2 Å². The zero-order valence-electron chi connectivity index (χ0n) is 19.6. The van der Waals surface area contributed by atoms with Crippen LogP contribution in [0.2, 0.25) is 0 Å². The molecule has 10 radical (unpaired) electrons. The van der Waals surface area contributed by atoms with Gasteiger partial charge in [-0.2, -0.15) is 5.26 Å². The Kier molecular flexibility index (Phi) is 5.49. The highest BCUT2D eigenvalue weighted by molar-refractivity contribution is 6.58. The molecule has 1 aliphatic heterocycles. The highest BCUT2D eigenvalue weighted by Gasteiger charge is 2.68. The second-order valence-electron chi connectivity index (χ2n) is 10.2. The van der Waals surface area contributed by atoms with E-state index in [9.17, 15) is 5.26 Å². The first kappa shape index (κ1) is 24.1. The minimum atomic E-state index is -1.72. The number of hydrogen-bond acceptors (Lipinski definition) is 6. The van der Waals surface area contributed by atoms with Crippen LogP contribution in [-0.2, 0) is 21.4 Å². The van der Waals surface area contributed by atoms with E-state index in [1.807, 2.05) is 12.1 Å². The van der Waals surface area contributed by atoms with Crippen LogP contribution >= 0.6 is 0 Å². The molecule has 3 aliphatic rings. The van der Waals surface area contributed by atoms with E-state index in [0.29, 0.717) is 31.2 Å². The minimum Gasteiger partial charge on any atom is -0.476 e. The van der Waals surface area contributed by atoms with E-state index in [0.717, 1.165) is 22.3 Å². The van der Waals surface area contributed by atoms with Gasteiger partial charge in [-0.15, -0.1) is 0 Å². The molecule has 11 heteroatoms. The molecule has 0 unspecified atom stereocenters. The lowest BCUT2D eigenvalue weighted by Crippen LogP contribution is -2.60. The van der Waals surface area contributed by atoms with Gasteiger partial charge in [-0.1, -0.05) is 19.1 Å². The Labute approximate surface area is 212 Å². The third-order valence-corrected chi connectivity index (χ3v) is 7.72. The van der Waals surface area contributed by atoms with Gasteiger partial charge < -0.3 is 15.2 Å². The van der Waals surface area contributed by atoms with Gasteiger partial charge in [-0.3, -0.25) is 4.98 Å². The first-order chi connectivity index (χ1) is 16.4. The molecule has 2 spiro atoms. The molecule has 6 nitrogen and oxygen atoms in total. The molecule has 4 atom stereocenters. The number of aromatic nitrogens is 1. The van der Waals surface area contributed by atoms with E-state index in [1.54, 1.807) is 12.3 Å². The van der Waals surface area contributed by atoms with Crippen LogP contribution in [0.25, 0.3) is 11.1 Å². The first-order valence-corrected chi connectivity index (χ1v) is 11.6. The van der Waals surface area contributed by atoms with Crippen LogP contribution in [-0.4, -0.2) is 67.0 Å². The number of fused-ring (bicyclic) bond motifs is 3. The van der Waals surface area contributed by atoms with Crippen molar-refractivity contribution in [2.45, 2.75) is 54.9 Å². The SMILES string of the molecule is [B]C([B])([B])O[C@@H]1CC[C@]2(Cc3ccc(-c4cncc(C#N)c4)cc3[C@]23N=C(N)OC3([B])[B])C[C@H]1C. The number of nitrogens with two attached hydrogens (primary N) is 1. The largest absolute Gasteiger partial charge is 0.476 e. The lowest BCUT2D eigenvalue weighted by molar-refractivity contribution is -0.0743. The molecular formula is C24H21B5N4O2. The van der Waals surface area contributed by atoms with Crippen molar-refractivity contribution in [2.24, 2.45) is 22.1 Å². The van der Waals surface area contributed by atoms with Crippen molar-refractivity contribution in [3.63, 3.8) is 0 Å². The van der Waals surface area contributed by atoms with Gasteiger partial charge in [0, 0.05) is 23.4 Å². The molecule has 0 bridgehead atoms.